The Kier molecular flexibility index (Phi) is 2.67. The van der Waals surface area contributed by atoms with Crippen molar-refractivity contribution in [3.63, 3.8) is 0 Å². The number of hydrogen-bond acceptors (Lipinski definition) is 4. The van der Waals surface area contributed by atoms with Gasteiger partial charge in [0.15, 0.2) is 0 Å². The lowest BCUT2D eigenvalue weighted by Gasteiger charge is -2.13. The maximum atomic E-state index is 11.3. The van der Waals surface area contributed by atoms with Crippen molar-refractivity contribution >= 4 is 11.7 Å². The van der Waals surface area contributed by atoms with Gasteiger partial charge in [-0.05, 0) is 5.56 Å². The number of nitrogens with zero attached hydrogens (tertiary/aromatic N) is 1. The summed E-state index contributed by atoms with van der Waals surface area (Å²) in [6, 6.07) is 6.11. The first-order valence-corrected chi connectivity index (χ1v) is 5.15. The van der Waals surface area contributed by atoms with Crippen molar-refractivity contribution in [2.75, 3.05) is 0 Å². The molecule has 17 heavy (non-hydrogen) atoms. The third kappa shape index (κ3) is 1.91. The number of nitro benzene ring substituents is 1. The fraction of sp³-hybridized carbons (Fsp3) is 0.250. The summed E-state index contributed by atoms with van der Waals surface area (Å²) in [5.74, 6) is -0.599. The Bertz CT molecular complexity index is 509. The van der Waals surface area contributed by atoms with Crippen LogP contribution in [0.2, 0.25) is 0 Å². The van der Waals surface area contributed by atoms with E-state index in [9.17, 15) is 14.9 Å². The lowest BCUT2D eigenvalue weighted by atomic mass is 9.94. The third-order valence-corrected chi connectivity index (χ3v) is 2.91. The average molecular weight is 233 g/mol. The van der Waals surface area contributed by atoms with E-state index in [1.54, 1.807) is 12.1 Å². The summed E-state index contributed by atoms with van der Waals surface area (Å²) in [6.07, 6.45) is -0.477. The quantitative estimate of drug-likeness (QED) is 0.340. The molecule has 5 nitrogen and oxygen atoms in total. The molecule has 0 N–H and O–H groups in total. The van der Waals surface area contributed by atoms with Crippen LogP contribution in [0.25, 0.3) is 0 Å². The first-order chi connectivity index (χ1) is 8.00. The first kappa shape index (κ1) is 11.3. The number of rotatable bonds is 2. The zero-order valence-electron chi connectivity index (χ0n) is 9.25. The van der Waals surface area contributed by atoms with Crippen molar-refractivity contribution < 1.29 is 14.5 Å². The van der Waals surface area contributed by atoms with Crippen molar-refractivity contribution in [1.82, 2.24) is 0 Å². The van der Waals surface area contributed by atoms with Gasteiger partial charge in [0, 0.05) is 23.6 Å². The van der Waals surface area contributed by atoms with Gasteiger partial charge >= 0.3 is 5.97 Å². The molecule has 0 radical (unpaired) electrons. The fourth-order valence-corrected chi connectivity index (χ4v) is 1.83. The van der Waals surface area contributed by atoms with Gasteiger partial charge in [0.1, 0.15) is 6.10 Å². The monoisotopic (exact) mass is 233 g/mol. The molecule has 0 aromatic heterocycles. The van der Waals surface area contributed by atoms with Crippen molar-refractivity contribution in [2.45, 2.75) is 13.0 Å². The van der Waals surface area contributed by atoms with E-state index in [4.69, 9.17) is 4.74 Å². The lowest BCUT2D eigenvalue weighted by Crippen LogP contribution is -2.05. The van der Waals surface area contributed by atoms with E-state index in [0.717, 1.165) is 0 Å². The van der Waals surface area contributed by atoms with Crippen LogP contribution < -0.4 is 0 Å². The summed E-state index contributed by atoms with van der Waals surface area (Å²) in [5.41, 5.74) is 1.02. The molecule has 1 saturated heterocycles. The summed E-state index contributed by atoms with van der Waals surface area (Å²) in [4.78, 5) is 21.5. The molecule has 0 spiro atoms. The molecule has 0 amide bonds. The van der Waals surface area contributed by atoms with E-state index in [1.165, 1.54) is 12.1 Å². The Labute approximate surface area is 97.9 Å². The van der Waals surface area contributed by atoms with E-state index in [1.807, 2.05) is 6.92 Å². The van der Waals surface area contributed by atoms with E-state index >= 15 is 0 Å². The van der Waals surface area contributed by atoms with Crippen LogP contribution in [0, 0.1) is 16.0 Å². The molecule has 0 bridgehead atoms. The van der Waals surface area contributed by atoms with Crippen molar-refractivity contribution in [2.24, 2.45) is 5.92 Å². The highest BCUT2D eigenvalue weighted by atomic mass is 16.6. The van der Waals surface area contributed by atoms with Gasteiger partial charge in [-0.25, -0.2) is 4.79 Å². The molecule has 0 unspecified atom stereocenters. The standard InChI is InChI=1S/C12H11NO4/c1-7-8(2)12(14)17-11(7)9-4-3-5-10(6-9)13(15)16/h3-7,11H,2H2,1H3/t7-,11+/m1/s1. The number of hydrogen-bond donors (Lipinski definition) is 0. The van der Waals surface area contributed by atoms with Crippen molar-refractivity contribution in [3.8, 4) is 0 Å². The smallest absolute Gasteiger partial charge is 0.334 e. The number of ether oxygens (including phenoxy) is 1. The summed E-state index contributed by atoms with van der Waals surface area (Å²) >= 11 is 0. The number of esters is 1. The minimum Gasteiger partial charge on any atom is -0.453 e. The number of non-ortho nitro benzene ring substituents is 1. The minimum absolute atomic E-state index is 0.0109. The SMILES string of the molecule is C=C1C(=O)O[C@H](c2cccc([N+](=O)[O-])c2)[C@@H]1C. The number of benzene rings is 1. The second-order valence-electron chi connectivity index (χ2n) is 3.99. The molecule has 1 aromatic rings. The van der Waals surface area contributed by atoms with Gasteiger partial charge in [0.05, 0.1) is 4.92 Å². The van der Waals surface area contributed by atoms with Gasteiger partial charge < -0.3 is 4.74 Å². The highest BCUT2D eigenvalue weighted by Crippen LogP contribution is 2.38. The van der Waals surface area contributed by atoms with E-state index in [0.29, 0.717) is 11.1 Å². The summed E-state index contributed by atoms with van der Waals surface area (Å²) in [7, 11) is 0. The van der Waals surface area contributed by atoms with E-state index in [-0.39, 0.29) is 11.6 Å². The van der Waals surface area contributed by atoms with Crippen LogP contribution in [0.1, 0.15) is 18.6 Å². The van der Waals surface area contributed by atoms with Crippen LogP contribution >= 0.6 is 0 Å². The molecule has 5 heteroatoms. The number of carbonyl (C=O) groups is 1. The Morgan fingerprint density at radius 1 is 1.47 bits per heavy atom. The molecular weight excluding hydrogens is 222 g/mol. The summed E-state index contributed by atoms with van der Waals surface area (Å²) in [6.45, 7) is 5.46. The van der Waals surface area contributed by atoms with E-state index in [2.05, 4.69) is 6.58 Å². The topological polar surface area (TPSA) is 69.4 Å². The lowest BCUT2D eigenvalue weighted by molar-refractivity contribution is -0.385. The van der Waals surface area contributed by atoms with Crippen LogP contribution in [-0.4, -0.2) is 10.9 Å². The molecule has 0 saturated carbocycles. The zero-order valence-corrected chi connectivity index (χ0v) is 9.25. The predicted octanol–water partition coefficient (Wildman–Crippen LogP) is 2.39. The van der Waals surface area contributed by atoms with Crippen molar-refractivity contribution in [3.05, 3.63) is 52.1 Å². The largest absolute Gasteiger partial charge is 0.453 e. The second kappa shape index (κ2) is 4.01. The van der Waals surface area contributed by atoms with Gasteiger partial charge in [0.2, 0.25) is 0 Å². The maximum absolute atomic E-state index is 11.3. The number of nitro groups is 1. The van der Waals surface area contributed by atoms with Gasteiger partial charge in [-0.1, -0.05) is 25.6 Å². The molecule has 1 aromatic carbocycles. The van der Waals surface area contributed by atoms with E-state index < -0.39 is 17.0 Å². The Morgan fingerprint density at radius 3 is 2.71 bits per heavy atom. The molecule has 1 heterocycles. The van der Waals surface area contributed by atoms with Gasteiger partial charge in [-0.3, -0.25) is 10.1 Å². The first-order valence-electron chi connectivity index (χ1n) is 5.15. The number of cyclic esters (lactones) is 1. The van der Waals surface area contributed by atoms with Crippen molar-refractivity contribution in [1.29, 1.82) is 0 Å². The third-order valence-electron chi connectivity index (χ3n) is 2.91. The van der Waals surface area contributed by atoms with Crippen LogP contribution in [-0.2, 0) is 9.53 Å². The molecule has 1 aliphatic heterocycles. The second-order valence-corrected chi connectivity index (χ2v) is 3.99. The summed E-state index contributed by atoms with van der Waals surface area (Å²) in [5, 5.41) is 10.7. The zero-order chi connectivity index (χ0) is 12.6. The maximum Gasteiger partial charge on any atom is 0.334 e. The molecule has 0 aliphatic carbocycles. The van der Waals surface area contributed by atoms with Crippen LogP contribution in [0.3, 0.4) is 0 Å². The van der Waals surface area contributed by atoms with Gasteiger partial charge in [-0.2, -0.15) is 0 Å². The number of carbonyl (C=O) groups excluding carboxylic acids is 1. The fourth-order valence-electron chi connectivity index (χ4n) is 1.83. The Balaban J connectivity index is 2.35. The minimum atomic E-state index is -0.477. The normalized spacial score (nSPS) is 23.6. The molecular formula is C12H11NO4. The summed E-state index contributed by atoms with van der Waals surface area (Å²) < 4.78 is 5.15. The Morgan fingerprint density at radius 2 is 2.18 bits per heavy atom. The van der Waals surface area contributed by atoms with Crippen LogP contribution in [0.4, 0.5) is 5.69 Å². The molecule has 1 aliphatic rings. The van der Waals surface area contributed by atoms with Gasteiger partial charge in [-0.15, -0.1) is 0 Å². The average Bonchev–Trinajstić information content (AvgIpc) is 2.57. The molecule has 2 rings (SSSR count). The molecule has 1 fully saturated rings. The Hall–Kier alpha value is -2.17. The highest BCUT2D eigenvalue weighted by molar-refractivity contribution is 5.90. The molecule has 88 valence electrons. The highest BCUT2D eigenvalue weighted by Gasteiger charge is 2.36. The predicted molar refractivity (Wildman–Crippen MR) is 60.2 cm³/mol. The van der Waals surface area contributed by atoms with Gasteiger partial charge in [0.25, 0.3) is 5.69 Å². The van der Waals surface area contributed by atoms with Crippen LogP contribution in [0.5, 0.6) is 0 Å². The molecule has 2 atom stereocenters. The van der Waals surface area contributed by atoms with Crippen LogP contribution in [0.15, 0.2) is 36.4 Å².